The molecule has 18 heavy (non-hydrogen) atoms. The number of pyridine rings is 1. The third-order valence-corrected chi connectivity index (χ3v) is 3.71. The van der Waals surface area contributed by atoms with Crippen LogP contribution in [0.3, 0.4) is 0 Å². The van der Waals surface area contributed by atoms with E-state index in [0.717, 1.165) is 13.1 Å². The lowest BCUT2D eigenvalue weighted by atomic mass is 10.1. The fourth-order valence-electron chi connectivity index (χ4n) is 2.70. The zero-order valence-electron chi connectivity index (χ0n) is 11.0. The predicted octanol–water partition coefficient (Wildman–Crippen LogP) is 2.66. The molecule has 0 spiro atoms. The second-order valence-corrected chi connectivity index (χ2v) is 4.85. The maximum atomic E-state index is 5.76. The van der Waals surface area contributed by atoms with Gasteiger partial charge in [0.25, 0.3) is 0 Å². The van der Waals surface area contributed by atoms with Gasteiger partial charge in [-0.05, 0) is 44.4 Å². The van der Waals surface area contributed by atoms with Crippen molar-refractivity contribution in [3.05, 3.63) is 30.1 Å². The smallest absolute Gasteiger partial charge is 0.0338 e. The number of nitrogens with zero attached hydrogens (tertiary/aromatic N) is 2. The Morgan fingerprint density at radius 2 is 2.22 bits per heavy atom. The zero-order valence-corrected chi connectivity index (χ0v) is 12.6. The molecule has 3 unspecified atom stereocenters. The Morgan fingerprint density at radius 3 is 2.72 bits per heavy atom. The Morgan fingerprint density at radius 1 is 1.50 bits per heavy atom. The van der Waals surface area contributed by atoms with Crippen LogP contribution in [0.1, 0.15) is 31.9 Å². The Bertz CT molecular complexity index is 334. The van der Waals surface area contributed by atoms with Crippen molar-refractivity contribution in [1.29, 1.82) is 0 Å². The van der Waals surface area contributed by atoms with Gasteiger partial charge < -0.3 is 5.73 Å². The minimum absolute atomic E-state index is 0. The molecule has 1 aliphatic rings. The number of likely N-dealkylation sites (tertiary alicyclic amines) is 1. The van der Waals surface area contributed by atoms with Gasteiger partial charge in [-0.3, -0.25) is 9.88 Å². The molecule has 1 aromatic rings. The lowest BCUT2D eigenvalue weighted by Crippen LogP contribution is -2.30. The molecule has 0 saturated carbocycles. The highest BCUT2D eigenvalue weighted by molar-refractivity contribution is 5.85. The highest BCUT2D eigenvalue weighted by Crippen LogP contribution is 2.30. The van der Waals surface area contributed by atoms with Crippen LogP contribution in [0.2, 0.25) is 0 Å². The molecule has 3 nitrogen and oxygen atoms in total. The molecule has 2 N–H and O–H groups in total. The second kappa shape index (κ2) is 7.95. The molecule has 0 radical (unpaired) electrons. The summed E-state index contributed by atoms with van der Waals surface area (Å²) in [7, 11) is 0. The van der Waals surface area contributed by atoms with Crippen molar-refractivity contribution in [3.8, 4) is 0 Å². The number of hydrogen-bond donors (Lipinski definition) is 1. The molecule has 1 aromatic heterocycles. The molecular formula is C13H23Cl2N3. The summed E-state index contributed by atoms with van der Waals surface area (Å²) in [6.07, 6.45) is 5.01. The maximum absolute atomic E-state index is 5.76. The van der Waals surface area contributed by atoms with E-state index in [4.69, 9.17) is 5.73 Å². The Labute approximate surface area is 122 Å². The van der Waals surface area contributed by atoms with E-state index in [9.17, 15) is 0 Å². The van der Waals surface area contributed by atoms with E-state index < -0.39 is 0 Å². The van der Waals surface area contributed by atoms with Crippen molar-refractivity contribution in [3.63, 3.8) is 0 Å². The molecule has 1 saturated heterocycles. The van der Waals surface area contributed by atoms with Gasteiger partial charge in [0.1, 0.15) is 0 Å². The van der Waals surface area contributed by atoms with Crippen LogP contribution in [-0.4, -0.2) is 29.0 Å². The van der Waals surface area contributed by atoms with Gasteiger partial charge in [-0.25, -0.2) is 0 Å². The standard InChI is InChI=1S/C13H21N3.2ClH/c1-10-6-12(7-14)9-16(10)11(2)13-4-3-5-15-8-13;;/h3-5,8,10-12H,6-7,9,14H2,1-2H3;2*1H. The number of rotatable bonds is 3. The van der Waals surface area contributed by atoms with E-state index in [1.807, 2.05) is 18.5 Å². The van der Waals surface area contributed by atoms with Gasteiger partial charge in [-0.2, -0.15) is 0 Å². The average molecular weight is 292 g/mol. The maximum Gasteiger partial charge on any atom is 0.0338 e. The van der Waals surface area contributed by atoms with Crippen molar-refractivity contribution in [2.75, 3.05) is 13.1 Å². The molecule has 1 aliphatic heterocycles. The van der Waals surface area contributed by atoms with E-state index in [1.54, 1.807) is 0 Å². The van der Waals surface area contributed by atoms with Crippen LogP contribution in [0, 0.1) is 5.92 Å². The average Bonchev–Trinajstić information content (AvgIpc) is 2.71. The second-order valence-electron chi connectivity index (χ2n) is 4.85. The summed E-state index contributed by atoms with van der Waals surface area (Å²) in [5.41, 5.74) is 7.06. The number of aromatic nitrogens is 1. The molecule has 0 amide bonds. The van der Waals surface area contributed by atoms with Gasteiger partial charge in [0.15, 0.2) is 0 Å². The van der Waals surface area contributed by atoms with Crippen LogP contribution < -0.4 is 5.73 Å². The van der Waals surface area contributed by atoms with Crippen LogP contribution >= 0.6 is 24.8 Å². The molecule has 3 atom stereocenters. The topological polar surface area (TPSA) is 42.1 Å². The first-order valence-corrected chi connectivity index (χ1v) is 6.08. The highest BCUT2D eigenvalue weighted by atomic mass is 35.5. The predicted molar refractivity (Wildman–Crippen MR) is 80.5 cm³/mol. The Kier molecular flexibility index (Phi) is 7.79. The first-order valence-electron chi connectivity index (χ1n) is 6.08. The molecule has 1 fully saturated rings. The zero-order chi connectivity index (χ0) is 11.5. The molecule has 0 aliphatic carbocycles. The number of halogens is 2. The van der Waals surface area contributed by atoms with Gasteiger partial charge in [0, 0.05) is 31.0 Å². The highest BCUT2D eigenvalue weighted by Gasteiger charge is 2.31. The normalized spacial score (nSPS) is 25.1. The first kappa shape index (κ1) is 17.6. The third-order valence-electron chi connectivity index (χ3n) is 3.71. The minimum atomic E-state index is 0. The molecule has 0 bridgehead atoms. The number of hydrogen-bond acceptors (Lipinski definition) is 3. The fourth-order valence-corrected chi connectivity index (χ4v) is 2.70. The van der Waals surface area contributed by atoms with Gasteiger partial charge in [0.2, 0.25) is 0 Å². The molecular weight excluding hydrogens is 269 g/mol. The summed E-state index contributed by atoms with van der Waals surface area (Å²) in [6, 6.07) is 5.23. The molecule has 104 valence electrons. The van der Waals surface area contributed by atoms with E-state index in [1.165, 1.54) is 12.0 Å². The SMILES string of the molecule is CC1CC(CN)CN1C(C)c1cccnc1.Cl.Cl. The van der Waals surface area contributed by atoms with E-state index in [0.29, 0.717) is 18.0 Å². The van der Waals surface area contributed by atoms with Crippen molar-refractivity contribution in [2.45, 2.75) is 32.4 Å². The van der Waals surface area contributed by atoms with Crippen LogP contribution in [0.4, 0.5) is 0 Å². The van der Waals surface area contributed by atoms with Crippen LogP contribution in [0.5, 0.6) is 0 Å². The van der Waals surface area contributed by atoms with E-state index >= 15 is 0 Å². The Hall–Kier alpha value is -0.350. The lowest BCUT2D eigenvalue weighted by Gasteiger charge is -2.28. The summed E-state index contributed by atoms with van der Waals surface area (Å²) >= 11 is 0. The molecule has 2 heterocycles. The van der Waals surface area contributed by atoms with Gasteiger partial charge in [-0.1, -0.05) is 6.07 Å². The van der Waals surface area contributed by atoms with Crippen molar-refractivity contribution in [1.82, 2.24) is 9.88 Å². The van der Waals surface area contributed by atoms with Crippen LogP contribution in [0.15, 0.2) is 24.5 Å². The summed E-state index contributed by atoms with van der Waals surface area (Å²) in [5, 5.41) is 0. The molecule has 5 heteroatoms. The fraction of sp³-hybridized carbons (Fsp3) is 0.615. The summed E-state index contributed by atoms with van der Waals surface area (Å²) in [5.74, 6) is 0.661. The summed E-state index contributed by atoms with van der Waals surface area (Å²) < 4.78 is 0. The summed E-state index contributed by atoms with van der Waals surface area (Å²) in [4.78, 5) is 6.73. The summed E-state index contributed by atoms with van der Waals surface area (Å²) in [6.45, 7) is 6.48. The molecule has 0 aromatic carbocycles. The van der Waals surface area contributed by atoms with Crippen molar-refractivity contribution in [2.24, 2.45) is 11.7 Å². The first-order chi connectivity index (χ1) is 7.72. The minimum Gasteiger partial charge on any atom is -0.330 e. The van der Waals surface area contributed by atoms with E-state index in [-0.39, 0.29) is 24.8 Å². The lowest BCUT2D eigenvalue weighted by molar-refractivity contribution is 0.200. The largest absolute Gasteiger partial charge is 0.330 e. The quantitative estimate of drug-likeness (QED) is 0.931. The third kappa shape index (κ3) is 3.82. The molecule has 2 rings (SSSR count). The van der Waals surface area contributed by atoms with Crippen molar-refractivity contribution < 1.29 is 0 Å². The van der Waals surface area contributed by atoms with Gasteiger partial charge in [0.05, 0.1) is 0 Å². The van der Waals surface area contributed by atoms with Gasteiger partial charge in [-0.15, -0.1) is 24.8 Å². The Balaban J connectivity index is 0.00000144. The van der Waals surface area contributed by atoms with Crippen LogP contribution in [0.25, 0.3) is 0 Å². The number of nitrogens with two attached hydrogens (primary N) is 1. The monoisotopic (exact) mass is 291 g/mol. The van der Waals surface area contributed by atoms with Gasteiger partial charge >= 0.3 is 0 Å². The van der Waals surface area contributed by atoms with E-state index in [2.05, 4.69) is 29.8 Å². The van der Waals surface area contributed by atoms with Crippen molar-refractivity contribution >= 4 is 24.8 Å². The van der Waals surface area contributed by atoms with Crippen LogP contribution in [-0.2, 0) is 0 Å².